The number of carbonyl (C=O) groups is 1. The summed E-state index contributed by atoms with van der Waals surface area (Å²) in [5, 5.41) is 5.16. The average Bonchev–Trinajstić information content (AvgIpc) is 3.29. The molecule has 0 saturated carbocycles. The average molecular weight is 466 g/mol. The fraction of sp³-hybridized carbons (Fsp3) is 0.103. The van der Waals surface area contributed by atoms with Gasteiger partial charge in [-0.15, -0.1) is 0 Å². The highest BCUT2D eigenvalue weighted by atomic mass is 35.5. The van der Waals surface area contributed by atoms with E-state index in [2.05, 4.69) is 5.16 Å². The molecule has 166 valence electrons. The van der Waals surface area contributed by atoms with Crippen molar-refractivity contribution in [3.63, 3.8) is 0 Å². The number of hydrogen-bond donors (Lipinski definition) is 0. The Kier molecular flexibility index (Phi) is 4.96. The van der Waals surface area contributed by atoms with E-state index in [1.54, 1.807) is 6.07 Å². The molecule has 4 aromatic carbocycles. The number of ketones is 1. The van der Waals surface area contributed by atoms with Gasteiger partial charge in [0.25, 0.3) is 5.60 Å². The fourth-order valence-electron chi connectivity index (χ4n) is 4.94. The van der Waals surface area contributed by atoms with Crippen molar-refractivity contribution in [2.24, 2.45) is 5.16 Å². The summed E-state index contributed by atoms with van der Waals surface area (Å²) in [5.74, 6) is -0.130. The lowest BCUT2D eigenvalue weighted by Crippen LogP contribution is -2.54. The lowest BCUT2D eigenvalue weighted by atomic mass is 9.68. The zero-order valence-corrected chi connectivity index (χ0v) is 18.9. The maximum Gasteiger partial charge on any atom is 0.252 e. The van der Waals surface area contributed by atoms with Gasteiger partial charge < -0.3 is 9.57 Å². The van der Waals surface area contributed by atoms with E-state index in [4.69, 9.17) is 21.2 Å². The van der Waals surface area contributed by atoms with Crippen molar-refractivity contribution in [3.8, 4) is 5.75 Å². The van der Waals surface area contributed by atoms with Crippen LogP contribution in [0.3, 0.4) is 0 Å². The van der Waals surface area contributed by atoms with Crippen LogP contribution in [0.4, 0.5) is 0 Å². The summed E-state index contributed by atoms with van der Waals surface area (Å²) in [6, 6.07) is 34.3. The highest BCUT2D eigenvalue weighted by Gasteiger charge is 2.64. The molecule has 0 saturated heterocycles. The van der Waals surface area contributed by atoms with Crippen LogP contribution in [0.2, 0.25) is 5.02 Å². The minimum Gasteiger partial charge on any atom is -0.480 e. The third-order valence-corrected chi connectivity index (χ3v) is 6.75. The van der Waals surface area contributed by atoms with Crippen molar-refractivity contribution in [2.75, 3.05) is 0 Å². The Hall–Kier alpha value is -3.89. The van der Waals surface area contributed by atoms with Crippen LogP contribution < -0.4 is 4.74 Å². The molecule has 0 aromatic heterocycles. The molecule has 5 heteroatoms. The SMILES string of the molecule is O=C1c2ccccc2OC(c2ccccc2)C12ON=C(c1ccccc1)C2c1ccc(Cl)cc1. The summed E-state index contributed by atoms with van der Waals surface area (Å²) < 4.78 is 6.54. The van der Waals surface area contributed by atoms with Gasteiger partial charge in [-0.1, -0.05) is 102 Å². The van der Waals surface area contributed by atoms with Crippen LogP contribution in [-0.4, -0.2) is 17.1 Å². The second kappa shape index (κ2) is 8.15. The minimum absolute atomic E-state index is 0.155. The molecule has 0 amide bonds. The van der Waals surface area contributed by atoms with E-state index < -0.39 is 17.6 Å². The van der Waals surface area contributed by atoms with E-state index in [1.807, 2.05) is 103 Å². The summed E-state index contributed by atoms with van der Waals surface area (Å²) in [6.07, 6.45) is -0.707. The molecule has 2 aliphatic rings. The molecule has 0 radical (unpaired) electrons. The quantitative estimate of drug-likeness (QED) is 0.342. The largest absolute Gasteiger partial charge is 0.480 e. The third kappa shape index (κ3) is 3.14. The van der Waals surface area contributed by atoms with Gasteiger partial charge in [0.1, 0.15) is 5.75 Å². The monoisotopic (exact) mass is 465 g/mol. The number of Topliss-reactive ketones (excluding diaryl/α,β-unsaturated/α-hetero) is 1. The number of carbonyl (C=O) groups excluding carboxylic acids is 1. The molecule has 1 spiro atoms. The van der Waals surface area contributed by atoms with Gasteiger partial charge in [0, 0.05) is 10.6 Å². The molecule has 4 aromatic rings. The Morgan fingerprint density at radius 2 is 1.38 bits per heavy atom. The third-order valence-electron chi connectivity index (χ3n) is 6.49. The number of benzene rings is 4. The molecule has 3 unspecified atom stereocenters. The Labute approximate surface area is 202 Å². The standard InChI is InChI=1S/C29H20ClNO3/c30-22-17-15-19(16-18-22)25-26(20-9-3-1-4-10-20)31-34-29(25)27(32)23-13-7-8-14-24(23)33-28(29)21-11-5-2-6-12-21/h1-18,25,28H. The van der Waals surface area contributed by atoms with E-state index in [0.717, 1.165) is 16.7 Å². The Morgan fingerprint density at radius 1 is 0.735 bits per heavy atom. The number of fused-ring (bicyclic) bond motifs is 1. The molecule has 3 atom stereocenters. The van der Waals surface area contributed by atoms with Gasteiger partial charge in [-0.3, -0.25) is 4.79 Å². The lowest BCUT2D eigenvalue weighted by molar-refractivity contribution is -0.0852. The van der Waals surface area contributed by atoms with Gasteiger partial charge >= 0.3 is 0 Å². The number of hydrogen-bond acceptors (Lipinski definition) is 4. The van der Waals surface area contributed by atoms with Crippen LogP contribution in [0.1, 0.15) is 39.1 Å². The lowest BCUT2D eigenvalue weighted by Gasteiger charge is -2.42. The summed E-state index contributed by atoms with van der Waals surface area (Å²) in [6.45, 7) is 0. The molecule has 0 bridgehead atoms. The van der Waals surface area contributed by atoms with Gasteiger partial charge in [-0.2, -0.15) is 0 Å². The molecule has 4 nitrogen and oxygen atoms in total. The van der Waals surface area contributed by atoms with E-state index in [-0.39, 0.29) is 5.78 Å². The van der Waals surface area contributed by atoms with Crippen molar-refractivity contribution in [3.05, 3.63) is 136 Å². The predicted molar refractivity (Wildman–Crippen MR) is 132 cm³/mol. The normalized spacial score (nSPS) is 23.1. The summed E-state index contributed by atoms with van der Waals surface area (Å²) >= 11 is 6.22. The molecule has 2 heterocycles. The van der Waals surface area contributed by atoms with Gasteiger partial charge in [0.2, 0.25) is 5.78 Å². The first kappa shape index (κ1) is 20.7. The maximum absolute atomic E-state index is 14.3. The fourth-order valence-corrected chi connectivity index (χ4v) is 5.06. The zero-order valence-electron chi connectivity index (χ0n) is 18.1. The van der Waals surface area contributed by atoms with Crippen LogP contribution in [0.25, 0.3) is 0 Å². The first-order chi connectivity index (χ1) is 16.7. The molecule has 34 heavy (non-hydrogen) atoms. The molecule has 6 rings (SSSR count). The second-order valence-corrected chi connectivity index (χ2v) is 8.88. The van der Waals surface area contributed by atoms with Crippen molar-refractivity contribution >= 4 is 23.1 Å². The highest BCUT2D eigenvalue weighted by molar-refractivity contribution is 6.30. The topological polar surface area (TPSA) is 47.9 Å². The number of halogens is 1. The number of ether oxygens (including phenoxy) is 1. The van der Waals surface area contributed by atoms with E-state index in [9.17, 15) is 4.79 Å². The van der Waals surface area contributed by atoms with Crippen molar-refractivity contribution in [2.45, 2.75) is 17.6 Å². The zero-order chi connectivity index (χ0) is 23.1. The molecule has 0 N–H and O–H groups in total. The summed E-state index contributed by atoms with van der Waals surface area (Å²) in [4.78, 5) is 20.6. The Bertz CT molecular complexity index is 1390. The maximum atomic E-state index is 14.3. The molecular weight excluding hydrogens is 446 g/mol. The summed E-state index contributed by atoms with van der Waals surface area (Å²) in [7, 11) is 0. The van der Waals surface area contributed by atoms with Crippen LogP contribution in [0, 0.1) is 0 Å². The van der Waals surface area contributed by atoms with Gasteiger partial charge in [0.15, 0.2) is 6.10 Å². The molecule has 2 aliphatic heterocycles. The van der Waals surface area contributed by atoms with E-state index >= 15 is 0 Å². The van der Waals surface area contributed by atoms with Gasteiger partial charge in [-0.05, 0) is 35.4 Å². The minimum atomic E-state index is -1.42. The molecular formula is C29H20ClNO3. The Morgan fingerprint density at radius 3 is 2.12 bits per heavy atom. The van der Waals surface area contributed by atoms with Crippen molar-refractivity contribution < 1.29 is 14.4 Å². The predicted octanol–water partition coefficient (Wildman–Crippen LogP) is 6.61. The molecule has 0 fully saturated rings. The first-order valence-electron chi connectivity index (χ1n) is 11.1. The van der Waals surface area contributed by atoms with Crippen LogP contribution in [-0.2, 0) is 4.84 Å². The summed E-state index contributed by atoms with van der Waals surface area (Å²) in [5.41, 5.74) is 2.35. The van der Waals surface area contributed by atoms with Crippen LogP contribution in [0.5, 0.6) is 5.75 Å². The van der Waals surface area contributed by atoms with E-state index in [1.165, 1.54) is 0 Å². The molecule has 0 aliphatic carbocycles. The van der Waals surface area contributed by atoms with Gasteiger partial charge in [-0.25, -0.2) is 0 Å². The Balaban J connectivity index is 1.61. The smallest absolute Gasteiger partial charge is 0.252 e. The van der Waals surface area contributed by atoms with Crippen LogP contribution >= 0.6 is 11.6 Å². The van der Waals surface area contributed by atoms with Crippen LogP contribution in [0.15, 0.2) is 114 Å². The van der Waals surface area contributed by atoms with Crippen molar-refractivity contribution in [1.29, 1.82) is 0 Å². The highest BCUT2D eigenvalue weighted by Crippen LogP contribution is 2.54. The second-order valence-electron chi connectivity index (χ2n) is 8.45. The van der Waals surface area contributed by atoms with E-state index in [0.29, 0.717) is 22.0 Å². The number of para-hydroxylation sites is 1. The van der Waals surface area contributed by atoms with Gasteiger partial charge in [0.05, 0.1) is 17.2 Å². The number of oxime groups is 1. The van der Waals surface area contributed by atoms with Crippen molar-refractivity contribution in [1.82, 2.24) is 0 Å². The number of rotatable bonds is 3. The number of nitrogens with zero attached hydrogens (tertiary/aromatic N) is 1. The first-order valence-corrected chi connectivity index (χ1v) is 11.5.